The highest BCUT2D eigenvalue weighted by Gasteiger charge is 1.93. The summed E-state index contributed by atoms with van der Waals surface area (Å²) in [7, 11) is 0. The summed E-state index contributed by atoms with van der Waals surface area (Å²) >= 11 is 0. The second-order valence-electron chi connectivity index (χ2n) is 2.12. The number of aromatic nitrogens is 1. The minimum atomic E-state index is 0.731. The van der Waals surface area contributed by atoms with E-state index in [1.54, 1.807) is 6.08 Å². The van der Waals surface area contributed by atoms with Crippen LogP contribution in [-0.2, 0) is 6.54 Å². The first-order valence-corrected chi connectivity index (χ1v) is 3.32. The van der Waals surface area contributed by atoms with Crippen molar-refractivity contribution in [2.24, 2.45) is 5.16 Å². The van der Waals surface area contributed by atoms with Gasteiger partial charge in [0.05, 0.1) is 11.9 Å². The van der Waals surface area contributed by atoms with Gasteiger partial charge >= 0.3 is 0 Å². The van der Waals surface area contributed by atoms with Gasteiger partial charge in [-0.25, -0.2) is 0 Å². The molecule has 0 aliphatic rings. The first-order chi connectivity index (χ1) is 5.38. The van der Waals surface area contributed by atoms with E-state index in [9.17, 15) is 0 Å². The van der Waals surface area contributed by atoms with Gasteiger partial charge in [-0.1, -0.05) is 11.2 Å². The maximum absolute atomic E-state index is 8.26. The van der Waals surface area contributed by atoms with Gasteiger partial charge in [0.1, 0.15) is 0 Å². The quantitative estimate of drug-likeness (QED) is 0.301. The molecule has 0 aromatic carbocycles. The van der Waals surface area contributed by atoms with Crippen LogP contribution in [0.25, 0.3) is 0 Å². The fourth-order valence-corrected chi connectivity index (χ4v) is 0.909. The number of hydrogen-bond donors (Lipinski definition) is 1. The van der Waals surface area contributed by atoms with Gasteiger partial charge in [-0.2, -0.15) is 0 Å². The molecular formula is C8H10N2O. The van der Waals surface area contributed by atoms with Crippen LogP contribution in [0.1, 0.15) is 5.69 Å². The van der Waals surface area contributed by atoms with Crippen molar-refractivity contribution in [3.8, 4) is 0 Å². The minimum Gasteiger partial charge on any atom is -0.411 e. The van der Waals surface area contributed by atoms with Gasteiger partial charge in [-0.15, -0.1) is 6.58 Å². The predicted molar refractivity (Wildman–Crippen MR) is 44.0 cm³/mol. The van der Waals surface area contributed by atoms with E-state index in [1.165, 1.54) is 6.21 Å². The second-order valence-corrected chi connectivity index (χ2v) is 2.12. The van der Waals surface area contributed by atoms with Crippen LogP contribution in [0.4, 0.5) is 0 Å². The van der Waals surface area contributed by atoms with Gasteiger partial charge in [0, 0.05) is 12.7 Å². The van der Waals surface area contributed by atoms with Crippen molar-refractivity contribution in [1.82, 2.24) is 4.57 Å². The van der Waals surface area contributed by atoms with Gasteiger partial charge in [0.15, 0.2) is 0 Å². The Morgan fingerprint density at radius 2 is 2.55 bits per heavy atom. The Labute approximate surface area is 65.3 Å². The molecule has 11 heavy (non-hydrogen) atoms. The lowest BCUT2D eigenvalue weighted by Crippen LogP contribution is -1.98. The van der Waals surface area contributed by atoms with E-state index in [2.05, 4.69) is 11.7 Å². The second kappa shape index (κ2) is 3.61. The van der Waals surface area contributed by atoms with E-state index in [4.69, 9.17) is 5.21 Å². The van der Waals surface area contributed by atoms with Gasteiger partial charge in [0.25, 0.3) is 0 Å². The molecule has 0 spiro atoms. The summed E-state index contributed by atoms with van der Waals surface area (Å²) in [4.78, 5) is 0. The van der Waals surface area contributed by atoms with Crippen LogP contribution in [0, 0.1) is 0 Å². The topological polar surface area (TPSA) is 37.5 Å². The van der Waals surface area contributed by atoms with E-state index in [0.717, 1.165) is 12.2 Å². The van der Waals surface area contributed by atoms with Crippen molar-refractivity contribution in [3.05, 3.63) is 36.7 Å². The van der Waals surface area contributed by atoms with E-state index in [0.29, 0.717) is 0 Å². The molecule has 58 valence electrons. The molecule has 1 heterocycles. The Bertz CT molecular complexity index is 263. The normalized spacial score (nSPS) is 10.5. The molecule has 0 amide bonds. The molecule has 1 rings (SSSR count). The van der Waals surface area contributed by atoms with Gasteiger partial charge in [-0.3, -0.25) is 0 Å². The minimum absolute atomic E-state index is 0.731. The molecular weight excluding hydrogens is 140 g/mol. The third kappa shape index (κ3) is 1.70. The lowest BCUT2D eigenvalue weighted by Gasteiger charge is -1.99. The lowest BCUT2D eigenvalue weighted by atomic mass is 10.4. The Balaban J connectivity index is 2.86. The highest BCUT2D eigenvalue weighted by Crippen LogP contribution is 1.98. The molecule has 0 atom stereocenters. The van der Waals surface area contributed by atoms with Crippen molar-refractivity contribution in [3.63, 3.8) is 0 Å². The molecule has 0 saturated carbocycles. The zero-order valence-electron chi connectivity index (χ0n) is 6.14. The third-order valence-electron chi connectivity index (χ3n) is 1.38. The van der Waals surface area contributed by atoms with Gasteiger partial charge in [-0.05, 0) is 12.1 Å². The summed E-state index contributed by atoms with van der Waals surface area (Å²) < 4.78 is 1.92. The molecule has 1 N–H and O–H groups in total. The average Bonchev–Trinajstić information content (AvgIpc) is 2.39. The van der Waals surface area contributed by atoms with E-state index >= 15 is 0 Å². The summed E-state index contributed by atoms with van der Waals surface area (Å²) in [5.74, 6) is 0. The Kier molecular flexibility index (Phi) is 2.49. The maximum atomic E-state index is 8.26. The number of allylic oxidation sites excluding steroid dienone is 1. The molecule has 1 aromatic heterocycles. The number of nitrogens with zero attached hydrogens (tertiary/aromatic N) is 2. The summed E-state index contributed by atoms with van der Waals surface area (Å²) in [5.41, 5.74) is 0.868. The van der Waals surface area contributed by atoms with Crippen LogP contribution in [0.15, 0.2) is 36.1 Å². The summed E-state index contributed by atoms with van der Waals surface area (Å²) in [6.07, 6.45) is 5.08. The first kappa shape index (κ1) is 7.60. The van der Waals surface area contributed by atoms with Crippen LogP contribution < -0.4 is 0 Å². The molecule has 1 aromatic rings. The summed E-state index contributed by atoms with van der Waals surface area (Å²) in [6.45, 7) is 4.34. The molecule has 0 fully saturated rings. The lowest BCUT2D eigenvalue weighted by molar-refractivity contribution is 0.321. The molecule has 0 bridgehead atoms. The average molecular weight is 150 g/mol. The Morgan fingerprint density at radius 3 is 3.18 bits per heavy atom. The zero-order valence-corrected chi connectivity index (χ0v) is 6.14. The largest absolute Gasteiger partial charge is 0.411 e. The number of hydrogen-bond acceptors (Lipinski definition) is 2. The van der Waals surface area contributed by atoms with Crippen molar-refractivity contribution in [1.29, 1.82) is 0 Å². The Morgan fingerprint density at radius 1 is 1.73 bits per heavy atom. The van der Waals surface area contributed by atoms with Crippen LogP contribution in [-0.4, -0.2) is 16.0 Å². The monoisotopic (exact) mass is 150 g/mol. The van der Waals surface area contributed by atoms with Crippen molar-refractivity contribution >= 4 is 6.21 Å². The van der Waals surface area contributed by atoms with Crippen molar-refractivity contribution < 1.29 is 5.21 Å². The summed E-state index contributed by atoms with van der Waals surface area (Å²) in [5, 5.41) is 11.2. The number of oxime groups is 1. The Hall–Kier alpha value is -1.51. The predicted octanol–water partition coefficient (Wildman–Crippen LogP) is 1.48. The molecule has 0 radical (unpaired) electrons. The van der Waals surface area contributed by atoms with Gasteiger partial charge < -0.3 is 9.77 Å². The molecule has 0 saturated heterocycles. The zero-order chi connectivity index (χ0) is 8.10. The van der Waals surface area contributed by atoms with Crippen LogP contribution in [0.3, 0.4) is 0 Å². The highest BCUT2D eigenvalue weighted by atomic mass is 16.4. The fourth-order valence-electron chi connectivity index (χ4n) is 0.909. The van der Waals surface area contributed by atoms with Crippen LogP contribution >= 0.6 is 0 Å². The maximum Gasteiger partial charge on any atom is 0.0898 e. The van der Waals surface area contributed by atoms with E-state index < -0.39 is 0 Å². The SMILES string of the molecule is C=CCn1cccc1/C=N/O. The fraction of sp³-hybridized carbons (Fsp3) is 0.125. The van der Waals surface area contributed by atoms with Gasteiger partial charge in [0.2, 0.25) is 0 Å². The highest BCUT2D eigenvalue weighted by molar-refractivity contribution is 5.76. The number of rotatable bonds is 3. The van der Waals surface area contributed by atoms with E-state index in [-0.39, 0.29) is 0 Å². The van der Waals surface area contributed by atoms with E-state index in [1.807, 2.05) is 22.9 Å². The molecule has 0 aliphatic carbocycles. The molecule has 3 heteroatoms. The van der Waals surface area contributed by atoms with Crippen molar-refractivity contribution in [2.45, 2.75) is 6.54 Å². The smallest absolute Gasteiger partial charge is 0.0898 e. The third-order valence-corrected chi connectivity index (χ3v) is 1.38. The summed E-state index contributed by atoms with van der Waals surface area (Å²) in [6, 6.07) is 3.75. The standard InChI is InChI=1S/C8H10N2O/c1-2-5-10-6-3-4-8(10)7-9-11/h2-4,6-7,11H,1,5H2/b9-7+. The molecule has 0 aliphatic heterocycles. The van der Waals surface area contributed by atoms with Crippen molar-refractivity contribution in [2.75, 3.05) is 0 Å². The molecule has 3 nitrogen and oxygen atoms in total. The first-order valence-electron chi connectivity index (χ1n) is 3.32. The molecule has 0 unspecified atom stereocenters. The van der Waals surface area contributed by atoms with Crippen LogP contribution in [0.5, 0.6) is 0 Å². The van der Waals surface area contributed by atoms with Crippen LogP contribution in [0.2, 0.25) is 0 Å².